The van der Waals surface area contributed by atoms with Gasteiger partial charge in [-0.1, -0.05) is 6.92 Å². The molecule has 0 aromatic heterocycles. The molecule has 1 aromatic carbocycles. The number of ketones is 1. The molecule has 0 unspecified atom stereocenters. The normalized spacial score (nSPS) is 15.5. The number of rotatable bonds is 3. The minimum absolute atomic E-state index is 0.0879. The van der Waals surface area contributed by atoms with Crippen LogP contribution in [0.4, 0.5) is 5.69 Å². The Labute approximate surface area is 114 Å². The summed E-state index contributed by atoms with van der Waals surface area (Å²) in [6.07, 6.45) is 0.577. The fourth-order valence-electron chi connectivity index (χ4n) is 2.34. The van der Waals surface area contributed by atoms with Gasteiger partial charge in [-0.3, -0.25) is 9.59 Å². The van der Waals surface area contributed by atoms with Crippen LogP contribution in [0.5, 0.6) is 0 Å². The van der Waals surface area contributed by atoms with Gasteiger partial charge in [-0.25, -0.2) is 0 Å². The lowest BCUT2D eigenvalue weighted by molar-refractivity contribution is -0.131. The van der Waals surface area contributed by atoms with E-state index in [1.165, 1.54) is 0 Å². The average molecular weight is 260 g/mol. The van der Waals surface area contributed by atoms with Crippen LogP contribution in [0.2, 0.25) is 0 Å². The van der Waals surface area contributed by atoms with E-state index in [9.17, 15) is 9.59 Å². The summed E-state index contributed by atoms with van der Waals surface area (Å²) in [6, 6.07) is 7.69. The van der Waals surface area contributed by atoms with Crippen molar-refractivity contribution in [2.24, 2.45) is 0 Å². The second-order valence-electron chi connectivity index (χ2n) is 4.82. The van der Waals surface area contributed by atoms with Gasteiger partial charge in [0.2, 0.25) is 5.91 Å². The van der Waals surface area contributed by atoms with Crippen LogP contribution in [0.3, 0.4) is 0 Å². The number of Topliss-reactive ketones (excluding diaryl/α,β-unsaturated/α-hetero) is 1. The van der Waals surface area contributed by atoms with E-state index in [0.29, 0.717) is 6.42 Å². The van der Waals surface area contributed by atoms with Crippen LogP contribution >= 0.6 is 0 Å². The summed E-state index contributed by atoms with van der Waals surface area (Å²) in [5, 5.41) is 0. The molecule has 1 heterocycles. The third-order valence-corrected chi connectivity index (χ3v) is 3.57. The predicted octanol–water partition coefficient (Wildman–Crippen LogP) is 1.95. The van der Waals surface area contributed by atoms with Gasteiger partial charge in [0.25, 0.3) is 0 Å². The van der Waals surface area contributed by atoms with Crippen molar-refractivity contribution in [3.63, 3.8) is 0 Å². The first kappa shape index (κ1) is 13.6. The molecule has 0 spiro atoms. The van der Waals surface area contributed by atoms with E-state index in [2.05, 4.69) is 4.90 Å². The number of piperazine rings is 1. The molecule has 1 aliphatic rings. The molecule has 0 aliphatic carbocycles. The van der Waals surface area contributed by atoms with Gasteiger partial charge >= 0.3 is 0 Å². The molecule has 1 amide bonds. The zero-order valence-electron chi connectivity index (χ0n) is 11.6. The molecular formula is C15H20N2O2. The number of carbonyl (C=O) groups excluding carboxylic acids is 2. The van der Waals surface area contributed by atoms with Gasteiger partial charge < -0.3 is 9.80 Å². The lowest BCUT2D eigenvalue weighted by Crippen LogP contribution is -2.48. The van der Waals surface area contributed by atoms with Crippen LogP contribution in [-0.2, 0) is 4.79 Å². The Balaban J connectivity index is 1.97. The van der Waals surface area contributed by atoms with E-state index < -0.39 is 0 Å². The molecule has 4 nitrogen and oxygen atoms in total. The van der Waals surface area contributed by atoms with Gasteiger partial charge in [0.05, 0.1) is 0 Å². The molecule has 0 N–H and O–H groups in total. The Morgan fingerprint density at radius 1 is 1.05 bits per heavy atom. The molecule has 2 rings (SSSR count). The van der Waals surface area contributed by atoms with Crippen LogP contribution < -0.4 is 4.90 Å². The van der Waals surface area contributed by atoms with Crippen molar-refractivity contribution in [2.75, 3.05) is 31.1 Å². The number of hydrogen-bond donors (Lipinski definition) is 0. The van der Waals surface area contributed by atoms with E-state index in [-0.39, 0.29) is 11.7 Å². The predicted molar refractivity (Wildman–Crippen MR) is 75.5 cm³/mol. The third kappa shape index (κ3) is 3.13. The molecule has 1 aliphatic heterocycles. The van der Waals surface area contributed by atoms with Crippen LogP contribution in [0, 0.1) is 0 Å². The Morgan fingerprint density at radius 2 is 1.63 bits per heavy atom. The van der Waals surface area contributed by atoms with Crippen LogP contribution in [0.25, 0.3) is 0 Å². The quantitative estimate of drug-likeness (QED) is 0.780. The summed E-state index contributed by atoms with van der Waals surface area (Å²) in [4.78, 5) is 27.0. The zero-order valence-corrected chi connectivity index (χ0v) is 11.6. The Kier molecular flexibility index (Phi) is 4.20. The molecule has 0 bridgehead atoms. The van der Waals surface area contributed by atoms with Crippen molar-refractivity contribution in [2.45, 2.75) is 20.3 Å². The third-order valence-electron chi connectivity index (χ3n) is 3.57. The van der Waals surface area contributed by atoms with Gasteiger partial charge in [0.15, 0.2) is 5.78 Å². The Hall–Kier alpha value is -1.84. The highest BCUT2D eigenvalue weighted by Gasteiger charge is 2.19. The van der Waals surface area contributed by atoms with E-state index in [1.807, 2.05) is 36.1 Å². The summed E-state index contributed by atoms with van der Waals surface area (Å²) < 4.78 is 0. The maximum Gasteiger partial charge on any atom is 0.222 e. The molecule has 0 radical (unpaired) electrons. The lowest BCUT2D eigenvalue weighted by atomic mass is 10.1. The van der Waals surface area contributed by atoms with Gasteiger partial charge in [-0.05, 0) is 31.2 Å². The molecule has 1 aromatic rings. The van der Waals surface area contributed by atoms with Crippen molar-refractivity contribution >= 4 is 17.4 Å². The number of hydrogen-bond acceptors (Lipinski definition) is 3. The number of anilines is 1. The van der Waals surface area contributed by atoms with Crippen molar-refractivity contribution in [1.82, 2.24) is 4.90 Å². The number of carbonyl (C=O) groups is 2. The topological polar surface area (TPSA) is 40.6 Å². The van der Waals surface area contributed by atoms with E-state index in [4.69, 9.17) is 0 Å². The summed E-state index contributed by atoms with van der Waals surface area (Å²) in [5.74, 6) is 0.316. The largest absolute Gasteiger partial charge is 0.368 e. The number of nitrogens with zero attached hydrogens (tertiary/aromatic N) is 2. The van der Waals surface area contributed by atoms with Crippen molar-refractivity contribution in [3.05, 3.63) is 29.8 Å². The lowest BCUT2D eigenvalue weighted by Gasteiger charge is -2.36. The second kappa shape index (κ2) is 5.87. The summed E-state index contributed by atoms with van der Waals surface area (Å²) >= 11 is 0. The van der Waals surface area contributed by atoms with Crippen LogP contribution in [0.15, 0.2) is 24.3 Å². The van der Waals surface area contributed by atoms with Gasteiger partial charge in [0, 0.05) is 43.9 Å². The maximum atomic E-state index is 11.6. The van der Waals surface area contributed by atoms with Gasteiger partial charge in [0.1, 0.15) is 0 Å². The fraction of sp³-hybridized carbons (Fsp3) is 0.467. The van der Waals surface area contributed by atoms with E-state index in [1.54, 1.807) is 6.92 Å². The monoisotopic (exact) mass is 260 g/mol. The van der Waals surface area contributed by atoms with Crippen molar-refractivity contribution in [3.8, 4) is 0 Å². The highest BCUT2D eigenvalue weighted by molar-refractivity contribution is 5.94. The first-order chi connectivity index (χ1) is 9.11. The van der Waals surface area contributed by atoms with E-state index >= 15 is 0 Å². The SMILES string of the molecule is CCC(=O)N1CCN(c2ccc(C(C)=O)cc2)CC1. The van der Waals surface area contributed by atoms with Crippen molar-refractivity contribution in [1.29, 1.82) is 0 Å². The summed E-state index contributed by atoms with van der Waals surface area (Å²) in [7, 11) is 0. The van der Waals surface area contributed by atoms with Gasteiger partial charge in [-0.15, -0.1) is 0 Å². The maximum absolute atomic E-state index is 11.6. The molecule has 0 atom stereocenters. The second-order valence-corrected chi connectivity index (χ2v) is 4.82. The van der Waals surface area contributed by atoms with Crippen LogP contribution in [-0.4, -0.2) is 42.8 Å². The minimum atomic E-state index is 0.0879. The molecule has 19 heavy (non-hydrogen) atoms. The molecule has 0 saturated carbocycles. The van der Waals surface area contributed by atoms with Crippen LogP contribution in [0.1, 0.15) is 30.6 Å². The molecule has 1 saturated heterocycles. The fourth-order valence-corrected chi connectivity index (χ4v) is 2.34. The average Bonchev–Trinajstić information content (AvgIpc) is 2.46. The molecule has 4 heteroatoms. The summed E-state index contributed by atoms with van der Waals surface area (Å²) in [6.45, 7) is 6.73. The van der Waals surface area contributed by atoms with Gasteiger partial charge in [-0.2, -0.15) is 0 Å². The highest BCUT2D eigenvalue weighted by Crippen LogP contribution is 2.17. The molecular weight excluding hydrogens is 240 g/mol. The standard InChI is InChI=1S/C15H20N2O2/c1-3-15(19)17-10-8-16(9-11-17)14-6-4-13(5-7-14)12(2)18/h4-7H,3,8-11H2,1-2H3. The molecule has 102 valence electrons. The first-order valence-corrected chi connectivity index (χ1v) is 6.75. The first-order valence-electron chi connectivity index (χ1n) is 6.75. The smallest absolute Gasteiger partial charge is 0.222 e. The highest BCUT2D eigenvalue weighted by atomic mass is 16.2. The Morgan fingerprint density at radius 3 is 2.11 bits per heavy atom. The van der Waals surface area contributed by atoms with Crippen molar-refractivity contribution < 1.29 is 9.59 Å². The Bertz CT molecular complexity index is 460. The summed E-state index contributed by atoms with van der Waals surface area (Å²) in [5.41, 5.74) is 1.86. The zero-order chi connectivity index (χ0) is 13.8. The minimum Gasteiger partial charge on any atom is -0.368 e. The van der Waals surface area contributed by atoms with E-state index in [0.717, 1.165) is 37.4 Å². The molecule has 1 fully saturated rings. The number of amides is 1. The number of benzene rings is 1.